The first-order valence-corrected chi connectivity index (χ1v) is 6.69. The lowest BCUT2D eigenvalue weighted by atomic mass is 9.91. The zero-order valence-corrected chi connectivity index (χ0v) is 11.3. The highest BCUT2D eigenvalue weighted by Crippen LogP contribution is 2.32. The van der Waals surface area contributed by atoms with Crippen molar-refractivity contribution in [1.82, 2.24) is 4.90 Å². The smallest absolute Gasteiger partial charge is 0.123 e. The van der Waals surface area contributed by atoms with E-state index in [1.807, 2.05) is 12.1 Å². The highest BCUT2D eigenvalue weighted by Gasteiger charge is 2.32. The lowest BCUT2D eigenvalue weighted by Crippen LogP contribution is -2.52. The van der Waals surface area contributed by atoms with Gasteiger partial charge in [0.1, 0.15) is 5.82 Å². The van der Waals surface area contributed by atoms with Gasteiger partial charge in [0, 0.05) is 18.6 Å². The summed E-state index contributed by atoms with van der Waals surface area (Å²) in [7, 11) is 2.15. The Morgan fingerprint density at radius 1 is 1.33 bits per heavy atom. The van der Waals surface area contributed by atoms with E-state index in [2.05, 4.69) is 18.9 Å². The molecule has 0 amide bonds. The first-order valence-electron chi connectivity index (χ1n) is 6.69. The fourth-order valence-electron chi connectivity index (χ4n) is 2.31. The Morgan fingerprint density at radius 3 is 2.44 bits per heavy atom. The molecular formula is C15H23FN2. The van der Waals surface area contributed by atoms with E-state index in [1.165, 1.54) is 25.0 Å². The third-order valence-electron chi connectivity index (χ3n) is 4.09. The zero-order chi connectivity index (χ0) is 13.2. The molecule has 1 saturated carbocycles. The Bertz CT molecular complexity index is 386. The molecule has 0 spiro atoms. The van der Waals surface area contributed by atoms with Crippen LogP contribution in [0.15, 0.2) is 24.3 Å². The van der Waals surface area contributed by atoms with Gasteiger partial charge in [0.25, 0.3) is 0 Å². The predicted octanol–water partition coefficient (Wildman–Crippen LogP) is 2.43. The molecule has 0 aromatic heterocycles. The standard InChI is InChI=1S/C15H23FN2/c1-15(11-17,18(2)10-13-3-4-13)9-12-5-7-14(16)8-6-12/h5-8,13H,3-4,9-11,17H2,1-2H3. The van der Waals surface area contributed by atoms with Crippen molar-refractivity contribution in [2.45, 2.75) is 31.7 Å². The molecule has 100 valence electrons. The summed E-state index contributed by atoms with van der Waals surface area (Å²) in [5.74, 6) is 0.675. The molecule has 2 rings (SSSR count). The van der Waals surface area contributed by atoms with Gasteiger partial charge in [-0.3, -0.25) is 4.90 Å². The molecule has 1 aromatic rings. The normalized spacial score (nSPS) is 18.9. The Labute approximate surface area is 109 Å². The fraction of sp³-hybridized carbons (Fsp3) is 0.600. The van der Waals surface area contributed by atoms with Gasteiger partial charge >= 0.3 is 0 Å². The zero-order valence-electron chi connectivity index (χ0n) is 11.3. The average molecular weight is 250 g/mol. The van der Waals surface area contributed by atoms with E-state index in [1.54, 1.807) is 0 Å². The van der Waals surface area contributed by atoms with Gasteiger partial charge in [-0.1, -0.05) is 12.1 Å². The first-order chi connectivity index (χ1) is 8.53. The van der Waals surface area contributed by atoms with Crippen molar-refractivity contribution in [3.63, 3.8) is 0 Å². The number of rotatable bonds is 6. The van der Waals surface area contributed by atoms with Crippen LogP contribution in [0.2, 0.25) is 0 Å². The molecule has 0 radical (unpaired) electrons. The molecule has 1 fully saturated rings. The van der Waals surface area contributed by atoms with Crippen LogP contribution in [0.5, 0.6) is 0 Å². The van der Waals surface area contributed by atoms with Crippen LogP contribution in [0.1, 0.15) is 25.3 Å². The predicted molar refractivity (Wildman–Crippen MR) is 72.9 cm³/mol. The summed E-state index contributed by atoms with van der Waals surface area (Å²) >= 11 is 0. The van der Waals surface area contributed by atoms with Crippen LogP contribution in [0.25, 0.3) is 0 Å². The van der Waals surface area contributed by atoms with Crippen molar-refractivity contribution >= 4 is 0 Å². The molecule has 18 heavy (non-hydrogen) atoms. The summed E-state index contributed by atoms with van der Waals surface area (Å²) in [6, 6.07) is 6.75. The van der Waals surface area contributed by atoms with Gasteiger partial charge < -0.3 is 5.73 Å². The maximum absolute atomic E-state index is 12.9. The summed E-state index contributed by atoms with van der Waals surface area (Å²) in [5.41, 5.74) is 7.07. The van der Waals surface area contributed by atoms with E-state index in [4.69, 9.17) is 5.73 Å². The second-order valence-electron chi connectivity index (χ2n) is 5.83. The molecule has 1 unspecified atom stereocenters. The lowest BCUT2D eigenvalue weighted by molar-refractivity contribution is 0.138. The van der Waals surface area contributed by atoms with Gasteiger partial charge in [-0.05, 0) is 56.8 Å². The summed E-state index contributed by atoms with van der Waals surface area (Å²) in [5, 5.41) is 0. The third-order valence-corrected chi connectivity index (χ3v) is 4.09. The minimum Gasteiger partial charge on any atom is -0.329 e. The van der Waals surface area contributed by atoms with Crippen LogP contribution in [0.4, 0.5) is 4.39 Å². The second-order valence-corrected chi connectivity index (χ2v) is 5.83. The maximum Gasteiger partial charge on any atom is 0.123 e. The van der Waals surface area contributed by atoms with Crippen LogP contribution in [-0.2, 0) is 6.42 Å². The van der Waals surface area contributed by atoms with Crippen LogP contribution in [-0.4, -0.2) is 30.6 Å². The highest BCUT2D eigenvalue weighted by molar-refractivity contribution is 5.19. The molecule has 0 heterocycles. The number of nitrogens with two attached hydrogens (primary N) is 1. The van der Waals surface area contributed by atoms with Crippen molar-refractivity contribution in [3.8, 4) is 0 Å². The lowest BCUT2D eigenvalue weighted by Gasteiger charge is -2.38. The van der Waals surface area contributed by atoms with Gasteiger partial charge in [-0.25, -0.2) is 4.39 Å². The quantitative estimate of drug-likeness (QED) is 0.840. The number of halogens is 1. The van der Waals surface area contributed by atoms with Gasteiger partial charge in [-0.2, -0.15) is 0 Å². The number of likely N-dealkylation sites (N-methyl/N-ethyl adjacent to an activating group) is 1. The summed E-state index contributed by atoms with van der Waals surface area (Å²) in [6.45, 7) is 3.93. The summed E-state index contributed by atoms with van der Waals surface area (Å²) in [4.78, 5) is 2.37. The first kappa shape index (κ1) is 13.5. The number of hydrogen-bond acceptors (Lipinski definition) is 2. The van der Waals surface area contributed by atoms with Crippen LogP contribution in [0.3, 0.4) is 0 Å². The summed E-state index contributed by atoms with van der Waals surface area (Å²) in [6.07, 6.45) is 3.57. The third kappa shape index (κ3) is 3.30. The van der Waals surface area contributed by atoms with Gasteiger partial charge in [0.15, 0.2) is 0 Å². The molecule has 1 atom stereocenters. The van der Waals surface area contributed by atoms with Crippen LogP contribution >= 0.6 is 0 Å². The topological polar surface area (TPSA) is 29.3 Å². The highest BCUT2D eigenvalue weighted by atomic mass is 19.1. The molecular weight excluding hydrogens is 227 g/mol. The molecule has 1 aliphatic rings. The minimum absolute atomic E-state index is 0.0413. The van der Waals surface area contributed by atoms with Gasteiger partial charge in [0.2, 0.25) is 0 Å². The monoisotopic (exact) mass is 250 g/mol. The van der Waals surface area contributed by atoms with Crippen molar-refractivity contribution in [3.05, 3.63) is 35.6 Å². The Balaban J connectivity index is 2.03. The second kappa shape index (κ2) is 5.37. The molecule has 2 N–H and O–H groups in total. The van der Waals surface area contributed by atoms with E-state index in [0.717, 1.165) is 24.4 Å². The van der Waals surface area contributed by atoms with Gasteiger partial charge in [0.05, 0.1) is 0 Å². The number of nitrogens with zero attached hydrogens (tertiary/aromatic N) is 1. The van der Waals surface area contributed by atoms with Gasteiger partial charge in [-0.15, -0.1) is 0 Å². The Hall–Kier alpha value is -0.930. The SMILES string of the molecule is CN(CC1CC1)C(C)(CN)Cc1ccc(F)cc1. The van der Waals surface area contributed by atoms with Crippen molar-refractivity contribution in [2.75, 3.05) is 20.1 Å². The average Bonchev–Trinajstić information content (AvgIpc) is 3.16. The van der Waals surface area contributed by atoms with E-state index in [0.29, 0.717) is 6.54 Å². The Morgan fingerprint density at radius 2 is 1.94 bits per heavy atom. The molecule has 0 bridgehead atoms. The molecule has 0 aliphatic heterocycles. The van der Waals surface area contributed by atoms with Crippen molar-refractivity contribution in [1.29, 1.82) is 0 Å². The molecule has 0 saturated heterocycles. The maximum atomic E-state index is 12.9. The largest absolute Gasteiger partial charge is 0.329 e. The number of benzene rings is 1. The fourth-order valence-corrected chi connectivity index (χ4v) is 2.31. The molecule has 1 aliphatic carbocycles. The van der Waals surface area contributed by atoms with E-state index in [9.17, 15) is 4.39 Å². The van der Waals surface area contributed by atoms with E-state index >= 15 is 0 Å². The number of hydrogen-bond donors (Lipinski definition) is 1. The van der Waals surface area contributed by atoms with Crippen molar-refractivity contribution in [2.24, 2.45) is 11.7 Å². The molecule has 3 heteroatoms. The van der Waals surface area contributed by atoms with E-state index in [-0.39, 0.29) is 11.4 Å². The minimum atomic E-state index is -0.181. The molecule has 1 aromatic carbocycles. The van der Waals surface area contributed by atoms with Crippen LogP contribution < -0.4 is 5.73 Å². The van der Waals surface area contributed by atoms with Crippen molar-refractivity contribution < 1.29 is 4.39 Å². The van der Waals surface area contributed by atoms with Crippen LogP contribution in [0, 0.1) is 11.7 Å². The Kier molecular flexibility index (Phi) is 4.03. The summed E-state index contributed by atoms with van der Waals surface area (Å²) < 4.78 is 12.9. The van der Waals surface area contributed by atoms with E-state index < -0.39 is 0 Å². The molecule has 2 nitrogen and oxygen atoms in total.